The number of rotatable bonds is 8. The summed E-state index contributed by atoms with van der Waals surface area (Å²) in [4.78, 5) is 10.7. The van der Waals surface area contributed by atoms with Crippen LogP contribution in [0.3, 0.4) is 0 Å². The van der Waals surface area contributed by atoms with E-state index in [1.54, 1.807) is 18.3 Å². The highest BCUT2D eigenvalue weighted by Gasteiger charge is 2.13. The van der Waals surface area contributed by atoms with Crippen LogP contribution in [-0.2, 0) is 4.79 Å². The second-order valence-corrected chi connectivity index (χ2v) is 5.09. The highest BCUT2D eigenvalue weighted by Crippen LogP contribution is 2.36. The number of nitrogens with one attached hydrogen (secondary N) is 1. The Morgan fingerprint density at radius 1 is 1.29 bits per heavy atom. The Morgan fingerprint density at radius 3 is 2.71 bits per heavy atom. The molecule has 0 saturated heterocycles. The van der Waals surface area contributed by atoms with Crippen molar-refractivity contribution < 1.29 is 19.4 Å². The number of anilines is 1. The lowest BCUT2D eigenvalue weighted by Crippen LogP contribution is -2.11. The van der Waals surface area contributed by atoms with Gasteiger partial charge < -0.3 is 14.6 Å². The fourth-order valence-electron chi connectivity index (χ4n) is 1.89. The van der Waals surface area contributed by atoms with Gasteiger partial charge >= 0.3 is 5.97 Å². The van der Waals surface area contributed by atoms with Gasteiger partial charge in [-0.1, -0.05) is 29.8 Å². The van der Waals surface area contributed by atoms with Gasteiger partial charge in [-0.3, -0.25) is 5.43 Å². The molecular formula is C17H17ClN2O4. The largest absolute Gasteiger partial charge is 0.490 e. The van der Waals surface area contributed by atoms with Crippen LogP contribution in [0.4, 0.5) is 5.69 Å². The minimum absolute atomic E-state index is 0.203. The average molecular weight is 349 g/mol. The average Bonchev–Trinajstić information content (AvgIpc) is 2.55. The minimum Gasteiger partial charge on any atom is -0.490 e. The first kappa shape index (κ1) is 17.6. The molecule has 0 bridgehead atoms. The molecule has 2 rings (SSSR count). The molecule has 6 nitrogen and oxygen atoms in total. The van der Waals surface area contributed by atoms with Gasteiger partial charge in [0.05, 0.1) is 23.5 Å². The molecule has 0 aliphatic heterocycles. The van der Waals surface area contributed by atoms with Crippen molar-refractivity contribution in [1.82, 2.24) is 0 Å². The highest BCUT2D eigenvalue weighted by atomic mass is 35.5. The molecule has 0 heterocycles. The highest BCUT2D eigenvalue weighted by molar-refractivity contribution is 6.32. The Morgan fingerprint density at radius 2 is 2.04 bits per heavy atom. The summed E-state index contributed by atoms with van der Waals surface area (Å²) in [6.07, 6.45) is 1.59. The van der Waals surface area contributed by atoms with Crippen LogP contribution in [0.5, 0.6) is 11.5 Å². The Kier molecular flexibility index (Phi) is 6.45. The predicted octanol–water partition coefficient (Wildman–Crippen LogP) is 3.65. The first-order chi connectivity index (χ1) is 11.6. The quantitative estimate of drug-likeness (QED) is 0.562. The first-order valence-electron chi connectivity index (χ1n) is 7.25. The fraction of sp³-hybridized carbons (Fsp3) is 0.176. The lowest BCUT2D eigenvalue weighted by molar-refractivity contribution is -0.139. The maximum atomic E-state index is 10.7. The number of hydrogen-bond acceptors (Lipinski definition) is 5. The number of carbonyl (C=O) groups is 1. The Bertz CT molecular complexity index is 720. The predicted molar refractivity (Wildman–Crippen MR) is 93.4 cm³/mol. The molecule has 24 heavy (non-hydrogen) atoms. The minimum atomic E-state index is -1.09. The molecule has 0 aliphatic carbocycles. The molecule has 0 fully saturated rings. The van der Waals surface area contributed by atoms with E-state index in [1.807, 2.05) is 37.3 Å². The SMILES string of the molecule is CCOc1cc(C=NNc2ccccc2)cc(Cl)c1OCC(=O)O. The molecule has 0 radical (unpaired) electrons. The van der Waals surface area contributed by atoms with Gasteiger partial charge in [0.25, 0.3) is 0 Å². The molecule has 0 aromatic heterocycles. The summed E-state index contributed by atoms with van der Waals surface area (Å²) in [5.41, 5.74) is 4.44. The van der Waals surface area contributed by atoms with Crippen LogP contribution in [0, 0.1) is 0 Å². The van der Waals surface area contributed by atoms with Crippen molar-refractivity contribution >= 4 is 29.5 Å². The second kappa shape index (κ2) is 8.79. The van der Waals surface area contributed by atoms with Crippen LogP contribution in [0.1, 0.15) is 12.5 Å². The van der Waals surface area contributed by atoms with E-state index in [-0.39, 0.29) is 10.8 Å². The molecule has 2 aromatic carbocycles. The molecule has 0 saturated carbocycles. The van der Waals surface area contributed by atoms with E-state index in [0.29, 0.717) is 17.9 Å². The molecule has 0 unspecified atom stereocenters. The normalized spacial score (nSPS) is 10.6. The van der Waals surface area contributed by atoms with Gasteiger partial charge in [0.2, 0.25) is 0 Å². The van der Waals surface area contributed by atoms with E-state index in [2.05, 4.69) is 10.5 Å². The number of para-hydroxylation sites is 1. The van der Waals surface area contributed by atoms with Gasteiger partial charge in [-0.05, 0) is 36.8 Å². The Hall–Kier alpha value is -2.73. The third-order valence-electron chi connectivity index (χ3n) is 2.85. The molecular weight excluding hydrogens is 332 g/mol. The number of ether oxygens (including phenoxy) is 2. The lowest BCUT2D eigenvalue weighted by atomic mass is 10.2. The molecule has 0 amide bonds. The molecule has 126 valence electrons. The number of nitrogens with zero attached hydrogens (tertiary/aromatic N) is 1. The topological polar surface area (TPSA) is 80.1 Å². The number of hydrazone groups is 1. The number of hydrogen-bond donors (Lipinski definition) is 2. The number of benzene rings is 2. The van der Waals surface area contributed by atoms with Crippen molar-refractivity contribution in [3.05, 3.63) is 53.1 Å². The lowest BCUT2D eigenvalue weighted by Gasteiger charge is -2.13. The van der Waals surface area contributed by atoms with Gasteiger partial charge in [-0.15, -0.1) is 0 Å². The van der Waals surface area contributed by atoms with Gasteiger partial charge in [-0.25, -0.2) is 4.79 Å². The maximum absolute atomic E-state index is 10.7. The summed E-state index contributed by atoms with van der Waals surface area (Å²) in [5, 5.41) is 13.1. The summed E-state index contributed by atoms with van der Waals surface area (Å²) in [6, 6.07) is 12.8. The van der Waals surface area contributed by atoms with Crippen molar-refractivity contribution in [3.8, 4) is 11.5 Å². The van der Waals surface area contributed by atoms with Crippen LogP contribution in [0.25, 0.3) is 0 Å². The van der Waals surface area contributed by atoms with Crippen LogP contribution >= 0.6 is 11.6 Å². The van der Waals surface area contributed by atoms with Gasteiger partial charge in [0.15, 0.2) is 18.1 Å². The van der Waals surface area contributed by atoms with Gasteiger partial charge in [-0.2, -0.15) is 5.10 Å². The van der Waals surface area contributed by atoms with Crippen molar-refractivity contribution in [2.45, 2.75) is 6.92 Å². The zero-order valence-corrected chi connectivity index (χ0v) is 13.8. The van der Waals surface area contributed by atoms with Crippen LogP contribution in [-0.4, -0.2) is 30.5 Å². The summed E-state index contributed by atoms with van der Waals surface area (Å²) in [5.74, 6) is -0.521. The Balaban J connectivity index is 2.17. The van der Waals surface area contributed by atoms with Crippen LogP contribution in [0.2, 0.25) is 5.02 Å². The maximum Gasteiger partial charge on any atom is 0.341 e. The molecule has 2 aromatic rings. The summed E-state index contributed by atoms with van der Waals surface area (Å²) in [7, 11) is 0. The smallest absolute Gasteiger partial charge is 0.341 e. The monoisotopic (exact) mass is 348 g/mol. The Labute approximate surface area is 144 Å². The molecule has 0 spiro atoms. The first-order valence-corrected chi connectivity index (χ1v) is 7.63. The van der Waals surface area contributed by atoms with E-state index in [0.717, 1.165) is 5.69 Å². The molecule has 2 N–H and O–H groups in total. The van der Waals surface area contributed by atoms with Crippen molar-refractivity contribution in [1.29, 1.82) is 0 Å². The molecule has 7 heteroatoms. The zero-order valence-electron chi connectivity index (χ0n) is 13.0. The van der Waals surface area contributed by atoms with Gasteiger partial charge in [0.1, 0.15) is 0 Å². The summed E-state index contributed by atoms with van der Waals surface area (Å²) >= 11 is 6.17. The third-order valence-corrected chi connectivity index (χ3v) is 3.13. The van der Waals surface area contributed by atoms with Crippen molar-refractivity contribution in [3.63, 3.8) is 0 Å². The number of halogens is 1. The van der Waals surface area contributed by atoms with Gasteiger partial charge in [0, 0.05) is 0 Å². The van der Waals surface area contributed by atoms with Crippen LogP contribution in [0.15, 0.2) is 47.6 Å². The number of carboxylic acids is 1. The van der Waals surface area contributed by atoms with E-state index < -0.39 is 12.6 Å². The summed E-state index contributed by atoms with van der Waals surface area (Å²) < 4.78 is 10.7. The standard InChI is InChI=1S/C17H17ClN2O4/c1-2-23-15-9-12(8-14(18)17(15)24-11-16(21)22)10-19-20-13-6-4-3-5-7-13/h3-10,20H,2,11H2,1H3,(H,21,22). The third kappa shape index (κ3) is 5.17. The number of aliphatic carboxylic acids is 1. The fourth-order valence-corrected chi connectivity index (χ4v) is 2.17. The summed E-state index contributed by atoms with van der Waals surface area (Å²) in [6.45, 7) is 1.71. The van der Waals surface area contributed by atoms with E-state index in [4.69, 9.17) is 26.2 Å². The molecule has 0 atom stereocenters. The second-order valence-electron chi connectivity index (χ2n) is 4.68. The van der Waals surface area contributed by atoms with E-state index >= 15 is 0 Å². The van der Waals surface area contributed by atoms with Crippen LogP contribution < -0.4 is 14.9 Å². The van der Waals surface area contributed by atoms with Crippen molar-refractivity contribution in [2.75, 3.05) is 18.6 Å². The van der Waals surface area contributed by atoms with E-state index in [9.17, 15) is 4.79 Å². The molecule has 0 aliphatic rings. The van der Waals surface area contributed by atoms with E-state index in [1.165, 1.54) is 0 Å². The number of carboxylic acid groups (broad SMARTS) is 1. The zero-order chi connectivity index (χ0) is 17.4. The van der Waals surface area contributed by atoms with Crippen molar-refractivity contribution in [2.24, 2.45) is 5.10 Å².